The SMILES string of the molecule is COc1ccc(C(O)C2CCN(Cc3cnc4n[nH]c(C)c4c3)CC2)cc1.O=C(O)C(F)(F)F. The van der Waals surface area contributed by atoms with E-state index in [0.717, 1.165) is 60.5 Å². The number of carboxylic acids is 1. The number of likely N-dealkylation sites (tertiary alicyclic amines) is 1. The van der Waals surface area contributed by atoms with Gasteiger partial charge in [-0.2, -0.15) is 18.3 Å². The highest BCUT2D eigenvalue weighted by molar-refractivity contribution is 5.77. The van der Waals surface area contributed by atoms with Gasteiger partial charge in [-0.05, 0) is 68.1 Å². The Balaban J connectivity index is 0.000000406. The maximum absolute atomic E-state index is 10.7. The molecule has 2 aromatic heterocycles. The first-order valence-corrected chi connectivity index (χ1v) is 10.7. The van der Waals surface area contributed by atoms with E-state index in [1.807, 2.05) is 37.4 Å². The third-order valence-corrected chi connectivity index (χ3v) is 5.84. The second-order valence-electron chi connectivity index (χ2n) is 8.20. The molecule has 1 fully saturated rings. The van der Waals surface area contributed by atoms with Gasteiger partial charge in [0.1, 0.15) is 5.75 Å². The molecule has 1 aliphatic rings. The van der Waals surface area contributed by atoms with Crippen LogP contribution in [0.15, 0.2) is 36.5 Å². The summed E-state index contributed by atoms with van der Waals surface area (Å²) in [7, 11) is 1.66. The Morgan fingerprint density at radius 3 is 2.44 bits per heavy atom. The average molecular weight is 480 g/mol. The Hall–Kier alpha value is -3.18. The Labute approximate surface area is 194 Å². The molecule has 0 aliphatic carbocycles. The molecule has 4 rings (SSSR count). The minimum absolute atomic E-state index is 0.298. The number of aromatic amines is 1. The van der Waals surface area contributed by atoms with E-state index < -0.39 is 18.2 Å². The van der Waals surface area contributed by atoms with Crippen LogP contribution in [-0.2, 0) is 11.3 Å². The maximum Gasteiger partial charge on any atom is 0.490 e. The number of aromatic nitrogens is 3. The molecule has 1 saturated heterocycles. The van der Waals surface area contributed by atoms with E-state index in [9.17, 15) is 18.3 Å². The van der Waals surface area contributed by atoms with Gasteiger partial charge in [0.2, 0.25) is 0 Å². The first kappa shape index (κ1) is 25.4. The van der Waals surface area contributed by atoms with E-state index in [2.05, 4.69) is 26.1 Å². The highest BCUT2D eigenvalue weighted by Crippen LogP contribution is 2.32. The van der Waals surface area contributed by atoms with Crippen molar-refractivity contribution in [3.63, 3.8) is 0 Å². The van der Waals surface area contributed by atoms with E-state index in [0.29, 0.717) is 5.92 Å². The zero-order valence-corrected chi connectivity index (χ0v) is 18.8. The van der Waals surface area contributed by atoms with Gasteiger partial charge in [0.15, 0.2) is 5.65 Å². The van der Waals surface area contributed by atoms with Gasteiger partial charge in [-0.25, -0.2) is 9.78 Å². The number of alkyl halides is 3. The number of hydrogen-bond acceptors (Lipinski definition) is 6. The van der Waals surface area contributed by atoms with Crippen molar-refractivity contribution in [2.75, 3.05) is 20.2 Å². The molecule has 1 atom stereocenters. The van der Waals surface area contributed by atoms with Crippen LogP contribution in [0.3, 0.4) is 0 Å². The standard InChI is InChI=1S/C21H26N4O2.C2HF3O2/c1-14-19-11-15(12-22-21(19)24-23-14)13-25-9-7-17(8-10-25)20(26)16-3-5-18(27-2)6-4-16;3-2(4,5)1(6)7/h3-6,11-12,17,20,26H,7-10,13H2,1-2H3,(H,22,23,24);(H,6,7). The van der Waals surface area contributed by atoms with Crippen molar-refractivity contribution < 1.29 is 32.9 Å². The molecule has 1 unspecified atom stereocenters. The highest BCUT2D eigenvalue weighted by Gasteiger charge is 2.38. The summed E-state index contributed by atoms with van der Waals surface area (Å²) < 4.78 is 36.9. The van der Waals surface area contributed by atoms with Crippen LogP contribution in [0.2, 0.25) is 0 Å². The van der Waals surface area contributed by atoms with Gasteiger partial charge >= 0.3 is 12.1 Å². The highest BCUT2D eigenvalue weighted by atomic mass is 19.4. The number of carboxylic acid groups (broad SMARTS) is 1. The van der Waals surface area contributed by atoms with Crippen LogP contribution >= 0.6 is 0 Å². The van der Waals surface area contributed by atoms with Crippen molar-refractivity contribution in [2.45, 2.75) is 38.6 Å². The third-order valence-electron chi connectivity index (χ3n) is 5.84. The van der Waals surface area contributed by atoms with E-state index in [1.165, 1.54) is 5.56 Å². The summed E-state index contributed by atoms with van der Waals surface area (Å²) in [4.78, 5) is 15.8. The second kappa shape index (κ2) is 10.8. The first-order valence-electron chi connectivity index (χ1n) is 10.7. The zero-order valence-electron chi connectivity index (χ0n) is 18.8. The molecule has 1 aliphatic heterocycles. The fraction of sp³-hybridized carbons (Fsp3) is 0.435. The topological polar surface area (TPSA) is 112 Å². The first-order chi connectivity index (χ1) is 16.1. The second-order valence-corrected chi connectivity index (χ2v) is 8.20. The molecule has 8 nitrogen and oxygen atoms in total. The molecule has 0 spiro atoms. The van der Waals surface area contributed by atoms with Gasteiger partial charge in [0.05, 0.1) is 13.2 Å². The summed E-state index contributed by atoms with van der Waals surface area (Å²) in [5.74, 6) is -1.64. The number of ether oxygens (including phenoxy) is 1. The fourth-order valence-corrected chi connectivity index (χ4v) is 3.91. The van der Waals surface area contributed by atoms with Gasteiger partial charge in [0.25, 0.3) is 0 Å². The maximum atomic E-state index is 10.7. The summed E-state index contributed by atoms with van der Waals surface area (Å²) in [6.07, 6.45) is -1.59. The normalized spacial score (nSPS) is 16.1. The monoisotopic (exact) mass is 480 g/mol. The Morgan fingerprint density at radius 2 is 1.88 bits per heavy atom. The molecular formula is C23H27F3N4O4. The molecular weight excluding hydrogens is 453 g/mol. The van der Waals surface area contributed by atoms with Crippen LogP contribution in [0.4, 0.5) is 13.2 Å². The van der Waals surface area contributed by atoms with Crippen LogP contribution in [-0.4, -0.2) is 62.6 Å². The summed E-state index contributed by atoms with van der Waals surface area (Å²) in [6.45, 7) is 4.88. The molecule has 1 aromatic carbocycles. The number of methoxy groups -OCH3 is 1. The minimum atomic E-state index is -5.08. The number of rotatable bonds is 5. The van der Waals surface area contributed by atoms with Crippen molar-refractivity contribution >= 4 is 17.0 Å². The van der Waals surface area contributed by atoms with Crippen LogP contribution in [0.25, 0.3) is 11.0 Å². The molecule has 0 bridgehead atoms. The van der Waals surface area contributed by atoms with E-state index in [-0.39, 0.29) is 0 Å². The number of aliphatic carboxylic acids is 1. The summed E-state index contributed by atoms with van der Waals surface area (Å²) >= 11 is 0. The molecule has 184 valence electrons. The predicted molar refractivity (Wildman–Crippen MR) is 118 cm³/mol. The largest absolute Gasteiger partial charge is 0.497 e. The lowest BCUT2D eigenvalue weighted by atomic mass is 9.87. The molecule has 0 amide bonds. The predicted octanol–water partition coefficient (Wildman–Crippen LogP) is 3.85. The summed E-state index contributed by atoms with van der Waals surface area (Å²) in [5.41, 5.74) is 4.01. The van der Waals surface area contributed by atoms with Crippen LogP contribution < -0.4 is 4.74 Å². The van der Waals surface area contributed by atoms with Gasteiger partial charge < -0.3 is 14.9 Å². The van der Waals surface area contributed by atoms with Gasteiger partial charge in [-0.1, -0.05) is 12.1 Å². The molecule has 3 heterocycles. The number of aliphatic hydroxyl groups excluding tert-OH is 1. The number of aryl methyl sites for hydroxylation is 1. The molecule has 11 heteroatoms. The molecule has 34 heavy (non-hydrogen) atoms. The minimum Gasteiger partial charge on any atom is -0.497 e. The van der Waals surface area contributed by atoms with Crippen molar-refractivity contribution in [3.8, 4) is 5.75 Å². The number of benzene rings is 1. The van der Waals surface area contributed by atoms with E-state index >= 15 is 0 Å². The van der Waals surface area contributed by atoms with Crippen LogP contribution in [0.5, 0.6) is 5.75 Å². The number of nitrogens with zero attached hydrogens (tertiary/aromatic N) is 3. The lowest BCUT2D eigenvalue weighted by Crippen LogP contribution is -2.35. The lowest BCUT2D eigenvalue weighted by Gasteiger charge is -2.34. The number of pyridine rings is 1. The Kier molecular flexibility index (Phi) is 8.11. The molecule has 0 radical (unpaired) electrons. The zero-order chi connectivity index (χ0) is 24.9. The Bertz CT molecular complexity index is 1090. The average Bonchev–Trinajstić information content (AvgIpc) is 3.19. The van der Waals surface area contributed by atoms with Crippen LogP contribution in [0, 0.1) is 12.8 Å². The smallest absolute Gasteiger partial charge is 0.490 e. The number of halogens is 3. The number of fused-ring (bicyclic) bond motifs is 1. The Morgan fingerprint density at radius 1 is 1.26 bits per heavy atom. The molecule has 3 aromatic rings. The number of carbonyl (C=O) groups is 1. The number of aliphatic hydroxyl groups is 1. The van der Waals surface area contributed by atoms with Crippen molar-refractivity contribution in [2.24, 2.45) is 5.92 Å². The molecule has 3 N–H and O–H groups in total. The number of H-pyrrole nitrogens is 1. The summed E-state index contributed by atoms with van der Waals surface area (Å²) in [6, 6.07) is 9.93. The quantitative estimate of drug-likeness (QED) is 0.509. The van der Waals surface area contributed by atoms with Crippen molar-refractivity contribution in [1.82, 2.24) is 20.1 Å². The van der Waals surface area contributed by atoms with Gasteiger partial charge in [-0.3, -0.25) is 10.00 Å². The van der Waals surface area contributed by atoms with Gasteiger partial charge in [-0.15, -0.1) is 0 Å². The number of hydrogen-bond donors (Lipinski definition) is 3. The summed E-state index contributed by atoms with van der Waals surface area (Å²) in [5, 5.41) is 26.1. The number of piperidine rings is 1. The molecule has 0 saturated carbocycles. The fourth-order valence-electron chi connectivity index (χ4n) is 3.91. The van der Waals surface area contributed by atoms with Crippen molar-refractivity contribution in [1.29, 1.82) is 0 Å². The van der Waals surface area contributed by atoms with E-state index in [1.54, 1.807) is 7.11 Å². The van der Waals surface area contributed by atoms with E-state index in [4.69, 9.17) is 14.6 Å². The van der Waals surface area contributed by atoms with Gasteiger partial charge in [0, 0.05) is 23.8 Å². The number of nitrogens with one attached hydrogen (secondary N) is 1. The van der Waals surface area contributed by atoms with Crippen molar-refractivity contribution in [3.05, 3.63) is 53.3 Å². The lowest BCUT2D eigenvalue weighted by molar-refractivity contribution is -0.192. The third kappa shape index (κ3) is 6.45. The van der Waals surface area contributed by atoms with Crippen LogP contribution in [0.1, 0.15) is 35.8 Å².